The van der Waals surface area contributed by atoms with Crippen LogP contribution >= 0.6 is 0 Å². The van der Waals surface area contributed by atoms with E-state index >= 15 is 0 Å². The lowest BCUT2D eigenvalue weighted by Crippen LogP contribution is -2.30. The summed E-state index contributed by atoms with van der Waals surface area (Å²) >= 11 is 0. The maximum Gasteiger partial charge on any atom is 0.224 e. The summed E-state index contributed by atoms with van der Waals surface area (Å²) < 4.78 is 10.5. The third kappa shape index (κ3) is 5.37. The van der Waals surface area contributed by atoms with Gasteiger partial charge in [-0.1, -0.05) is 19.9 Å². The number of rotatable bonds is 9. The van der Waals surface area contributed by atoms with Crippen LogP contribution in [0.5, 0.6) is 11.5 Å². The van der Waals surface area contributed by atoms with Crippen LogP contribution in [0, 0.1) is 17.8 Å². The molecule has 0 aliphatic heterocycles. The number of amides is 2. The Morgan fingerprint density at radius 1 is 1.08 bits per heavy atom. The zero-order valence-corrected chi connectivity index (χ0v) is 15.4. The molecule has 1 aromatic carbocycles. The van der Waals surface area contributed by atoms with E-state index in [-0.39, 0.29) is 23.7 Å². The van der Waals surface area contributed by atoms with Gasteiger partial charge in [0.1, 0.15) is 0 Å². The fraction of sp³-hybridized carbons (Fsp3) is 0.579. The minimum Gasteiger partial charge on any atom is -0.493 e. The average Bonchev–Trinajstić information content (AvgIpc) is 3.39. The van der Waals surface area contributed by atoms with Crippen molar-refractivity contribution < 1.29 is 19.1 Å². The first kappa shape index (κ1) is 19.1. The van der Waals surface area contributed by atoms with E-state index in [0.29, 0.717) is 36.9 Å². The highest BCUT2D eigenvalue weighted by Gasteiger charge is 2.47. The molecule has 138 valence electrons. The molecule has 2 rings (SSSR count). The van der Waals surface area contributed by atoms with Gasteiger partial charge in [-0.2, -0.15) is 0 Å². The molecule has 6 heteroatoms. The standard InChI is InChI=1S/C19H28N2O4/c1-12(2)7-8-20-18(22)14-10-15(14)19(23)21-11-13-5-6-16(24-3)17(9-13)25-4/h5-6,9,12,14-15H,7-8,10-11H2,1-4H3,(H,20,22)(H,21,23). The molecule has 1 aromatic rings. The highest BCUT2D eigenvalue weighted by atomic mass is 16.5. The second-order valence-corrected chi connectivity index (χ2v) is 6.83. The molecule has 1 fully saturated rings. The highest BCUT2D eigenvalue weighted by molar-refractivity contribution is 5.92. The largest absolute Gasteiger partial charge is 0.493 e. The van der Waals surface area contributed by atoms with E-state index in [2.05, 4.69) is 24.5 Å². The molecule has 25 heavy (non-hydrogen) atoms. The van der Waals surface area contributed by atoms with Crippen LogP contribution in [0.4, 0.5) is 0 Å². The van der Waals surface area contributed by atoms with E-state index in [4.69, 9.17) is 9.47 Å². The van der Waals surface area contributed by atoms with E-state index in [9.17, 15) is 9.59 Å². The van der Waals surface area contributed by atoms with Crippen LogP contribution in [-0.2, 0) is 16.1 Å². The molecular weight excluding hydrogens is 320 g/mol. The number of hydrogen-bond donors (Lipinski definition) is 2. The quantitative estimate of drug-likeness (QED) is 0.717. The van der Waals surface area contributed by atoms with Crippen molar-refractivity contribution >= 4 is 11.8 Å². The Morgan fingerprint density at radius 3 is 2.32 bits per heavy atom. The number of methoxy groups -OCH3 is 2. The molecule has 6 nitrogen and oxygen atoms in total. The van der Waals surface area contributed by atoms with Gasteiger partial charge in [-0.05, 0) is 36.5 Å². The summed E-state index contributed by atoms with van der Waals surface area (Å²) in [5, 5.41) is 5.81. The van der Waals surface area contributed by atoms with Crippen LogP contribution in [0.2, 0.25) is 0 Å². The van der Waals surface area contributed by atoms with Crippen LogP contribution in [0.25, 0.3) is 0 Å². The lowest BCUT2D eigenvalue weighted by atomic mass is 10.1. The fourth-order valence-electron chi connectivity index (χ4n) is 2.70. The molecular formula is C19H28N2O4. The van der Waals surface area contributed by atoms with Gasteiger partial charge in [0.2, 0.25) is 11.8 Å². The van der Waals surface area contributed by atoms with Crippen LogP contribution in [0.1, 0.15) is 32.3 Å². The van der Waals surface area contributed by atoms with Crippen LogP contribution < -0.4 is 20.1 Å². The van der Waals surface area contributed by atoms with Crippen LogP contribution in [-0.4, -0.2) is 32.6 Å². The van der Waals surface area contributed by atoms with Gasteiger partial charge in [0.15, 0.2) is 11.5 Å². The number of carbonyl (C=O) groups excluding carboxylic acids is 2. The third-order valence-electron chi connectivity index (χ3n) is 4.40. The predicted octanol–water partition coefficient (Wildman–Crippen LogP) is 2.12. The summed E-state index contributed by atoms with van der Waals surface area (Å²) in [5.41, 5.74) is 0.921. The molecule has 0 saturated heterocycles. The van der Waals surface area contributed by atoms with Gasteiger partial charge >= 0.3 is 0 Å². The molecule has 2 unspecified atom stereocenters. The van der Waals surface area contributed by atoms with Crippen molar-refractivity contribution in [1.82, 2.24) is 10.6 Å². The molecule has 1 aliphatic carbocycles. The minimum absolute atomic E-state index is 0.00748. The Hall–Kier alpha value is -2.24. The monoisotopic (exact) mass is 348 g/mol. The molecule has 1 aliphatic rings. The first-order chi connectivity index (χ1) is 12.0. The normalized spacial score (nSPS) is 18.6. The van der Waals surface area contributed by atoms with Crippen molar-refractivity contribution in [3.05, 3.63) is 23.8 Å². The van der Waals surface area contributed by atoms with Gasteiger partial charge < -0.3 is 20.1 Å². The number of hydrogen-bond acceptors (Lipinski definition) is 4. The molecule has 0 aromatic heterocycles. The van der Waals surface area contributed by atoms with Crippen molar-refractivity contribution in [2.45, 2.75) is 33.2 Å². The molecule has 0 radical (unpaired) electrons. The summed E-state index contributed by atoms with van der Waals surface area (Å²) in [6.45, 7) is 5.31. The molecule has 1 saturated carbocycles. The SMILES string of the molecule is COc1ccc(CNC(=O)C2CC2C(=O)NCCC(C)C)cc1OC. The lowest BCUT2D eigenvalue weighted by Gasteiger charge is -2.10. The van der Waals surface area contributed by atoms with E-state index in [1.165, 1.54) is 0 Å². The van der Waals surface area contributed by atoms with E-state index in [0.717, 1.165) is 12.0 Å². The predicted molar refractivity (Wildman–Crippen MR) is 95.5 cm³/mol. The lowest BCUT2D eigenvalue weighted by molar-refractivity contribution is -0.127. The van der Waals surface area contributed by atoms with Gasteiger partial charge in [0.25, 0.3) is 0 Å². The maximum absolute atomic E-state index is 12.2. The smallest absolute Gasteiger partial charge is 0.224 e. The van der Waals surface area contributed by atoms with Crippen molar-refractivity contribution in [3.63, 3.8) is 0 Å². The number of carbonyl (C=O) groups is 2. The van der Waals surface area contributed by atoms with E-state index in [1.807, 2.05) is 18.2 Å². The van der Waals surface area contributed by atoms with E-state index < -0.39 is 0 Å². The summed E-state index contributed by atoms with van der Waals surface area (Å²) in [6.07, 6.45) is 1.58. The molecule has 2 N–H and O–H groups in total. The Bertz CT molecular complexity index is 615. The maximum atomic E-state index is 12.2. The Balaban J connectivity index is 1.77. The third-order valence-corrected chi connectivity index (χ3v) is 4.40. The number of benzene rings is 1. The van der Waals surface area contributed by atoms with Gasteiger partial charge in [0, 0.05) is 13.1 Å². The molecule has 0 bridgehead atoms. The van der Waals surface area contributed by atoms with Crippen LogP contribution in [0.15, 0.2) is 18.2 Å². The molecule has 2 amide bonds. The first-order valence-corrected chi connectivity index (χ1v) is 8.72. The molecule has 0 heterocycles. The van der Waals surface area contributed by atoms with Gasteiger partial charge in [0.05, 0.1) is 26.1 Å². The van der Waals surface area contributed by atoms with Crippen molar-refractivity contribution in [3.8, 4) is 11.5 Å². The summed E-state index contributed by atoms with van der Waals surface area (Å²) in [6, 6.07) is 5.52. The van der Waals surface area contributed by atoms with Gasteiger partial charge in [-0.3, -0.25) is 9.59 Å². The summed E-state index contributed by atoms with van der Waals surface area (Å²) in [4.78, 5) is 24.2. The van der Waals surface area contributed by atoms with Crippen molar-refractivity contribution in [2.24, 2.45) is 17.8 Å². The second kappa shape index (κ2) is 8.74. The first-order valence-electron chi connectivity index (χ1n) is 8.72. The highest BCUT2D eigenvalue weighted by Crippen LogP contribution is 2.38. The van der Waals surface area contributed by atoms with Gasteiger partial charge in [-0.15, -0.1) is 0 Å². The zero-order valence-electron chi connectivity index (χ0n) is 15.4. The topological polar surface area (TPSA) is 76.7 Å². The zero-order chi connectivity index (χ0) is 18.4. The minimum atomic E-state index is -0.209. The molecule has 2 atom stereocenters. The Kier molecular flexibility index (Phi) is 6.67. The number of ether oxygens (including phenoxy) is 2. The fourth-order valence-corrected chi connectivity index (χ4v) is 2.70. The van der Waals surface area contributed by atoms with Crippen LogP contribution in [0.3, 0.4) is 0 Å². The van der Waals surface area contributed by atoms with Gasteiger partial charge in [-0.25, -0.2) is 0 Å². The Labute approximate surface area is 149 Å². The molecule has 0 spiro atoms. The van der Waals surface area contributed by atoms with Crippen molar-refractivity contribution in [1.29, 1.82) is 0 Å². The Morgan fingerprint density at radius 2 is 1.72 bits per heavy atom. The number of nitrogens with one attached hydrogen (secondary N) is 2. The average molecular weight is 348 g/mol. The van der Waals surface area contributed by atoms with E-state index in [1.54, 1.807) is 14.2 Å². The summed E-state index contributed by atoms with van der Waals surface area (Å²) in [5.74, 6) is 1.36. The summed E-state index contributed by atoms with van der Waals surface area (Å²) in [7, 11) is 3.16. The second-order valence-electron chi connectivity index (χ2n) is 6.83. The van der Waals surface area contributed by atoms with Crippen molar-refractivity contribution in [2.75, 3.05) is 20.8 Å².